The van der Waals surface area contributed by atoms with Crippen LogP contribution in [0.4, 0.5) is 11.6 Å². The highest BCUT2D eigenvalue weighted by atomic mass is 32.2. The Morgan fingerprint density at radius 2 is 2.11 bits per heavy atom. The molecule has 0 aliphatic heterocycles. The Kier molecular flexibility index (Phi) is 5.31. The summed E-state index contributed by atoms with van der Waals surface area (Å²) in [5, 5.41) is 4.21. The SMILES string of the molecule is CCCNc1cc(N(C)C2CCCC2)nc(SC)n1. The summed E-state index contributed by atoms with van der Waals surface area (Å²) in [6.07, 6.45) is 8.39. The highest BCUT2D eigenvalue weighted by Crippen LogP contribution is 2.28. The van der Waals surface area contributed by atoms with E-state index in [0.717, 1.165) is 29.8 Å². The molecular formula is C14H24N4S. The smallest absolute Gasteiger partial charge is 0.191 e. The monoisotopic (exact) mass is 280 g/mol. The molecule has 0 aromatic carbocycles. The first-order valence-electron chi connectivity index (χ1n) is 7.14. The van der Waals surface area contributed by atoms with E-state index in [-0.39, 0.29) is 0 Å². The molecule has 1 aromatic heterocycles. The van der Waals surface area contributed by atoms with Crippen LogP contribution in [0.1, 0.15) is 39.0 Å². The lowest BCUT2D eigenvalue weighted by atomic mass is 10.2. The van der Waals surface area contributed by atoms with E-state index in [1.165, 1.54) is 25.7 Å². The first kappa shape index (κ1) is 14.4. The molecule has 0 amide bonds. The van der Waals surface area contributed by atoms with E-state index in [2.05, 4.69) is 40.2 Å². The molecule has 1 N–H and O–H groups in total. The lowest BCUT2D eigenvalue weighted by Crippen LogP contribution is -2.29. The zero-order valence-electron chi connectivity index (χ0n) is 12.1. The van der Waals surface area contributed by atoms with E-state index in [1.807, 2.05) is 6.26 Å². The first-order valence-corrected chi connectivity index (χ1v) is 8.37. The Bertz CT molecular complexity index is 404. The van der Waals surface area contributed by atoms with Crippen LogP contribution in [0.3, 0.4) is 0 Å². The Morgan fingerprint density at radius 1 is 1.37 bits per heavy atom. The van der Waals surface area contributed by atoms with Gasteiger partial charge in [-0.15, -0.1) is 0 Å². The van der Waals surface area contributed by atoms with Gasteiger partial charge in [0.2, 0.25) is 0 Å². The summed E-state index contributed by atoms with van der Waals surface area (Å²) in [5.41, 5.74) is 0. The molecule has 106 valence electrons. The Morgan fingerprint density at radius 3 is 2.74 bits per heavy atom. The van der Waals surface area contributed by atoms with Crippen LogP contribution in [-0.4, -0.2) is 35.9 Å². The highest BCUT2D eigenvalue weighted by Gasteiger charge is 2.21. The van der Waals surface area contributed by atoms with Gasteiger partial charge in [0.25, 0.3) is 0 Å². The van der Waals surface area contributed by atoms with Gasteiger partial charge in [-0.2, -0.15) is 0 Å². The molecule has 1 fully saturated rings. The van der Waals surface area contributed by atoms with Crippen LogP contribution in [0, 0.1) is 0 Å². The fraction of sp³-hybridized carbons (Fsp3) is 0.714. The Hall–Kier alpha value is -0.970. The molecule has 1 saturated carbocycles. The van der Waals surface area contributed by atoms with Crippen molar-refractivity contribution >= 4 is 23.4 Å². The molecule has 0 spiro atoms. The van der Waals surface area contributed by atoms with Crippen LogP contribution < -0.4 is 10.2 Å². The predicted octanol–water partition coefficient (Wildman–Crippen LogP) is 3.40. The number of rotatable bonds is 6. The molecule has 2 rings (SSSR count). The fourth-order valence-electron chi connectivity index (χ4n) is 2.51. The van der Waals surface area contributed by atoms with E-state index in [9.17, 15) is 0 Å². The van der Waals surface area contributed by atoms with Gasteiger partial charge < -0.3 is 10.2 Å². The Balaban J connectivity index is 2.17. The first-order chi connectivity index (χ1) is 9.24. The zero-order valence-corrected chi connectivity index (χ0v) is 13.0. The van der Waals surface area contributed by atoms with Crippen LogP contribution >= 0.6 is 11.8 Å². The maximum Gasteiger partial charge on any atom is 0.191 e. The van der Waals surface area contributed by atoms with Gasteiger partial charge in [-0.25, -0.2) is 9.97 Å². The van der Waals surface area contributed by atoms with E-state index in [4.69, 9.17) is 0 Å². The van der Waals surface area contributed by atoms with Gasteiger partial charge in [0.1, 0.15) is 11.6 Å². The molecule has 19 heavy (non-hydrogen) atoms. The summed E-state index contributed by atoms with van der Waals surface area (Å²) in [4.78, 5) is 11.5. The molecule has 5 heteroatoms. The fourth-order valence-corrected chi connectivity index (χ4v) is 2.88. The van der Waals surface area contributed by atoms with E-state index < -0.39 is 0 Å². The number of nitrogens with one attached hydrogen (secondary N) is 1. The summed E-state index contributed by atoms with van der Waals surface area (Å²) in [5.74, 6) is 1.99. The van der Waals surface area contributed by atoms with Crippen molar-refractivity contribution in [2.45, 2.75) is 50.2 Å². The molecule has 1 aromatic rings. The number of hydrogen-bond donors (Lipinski definition) is 1. The van der Waals surface area contributed by atoms with Gasteiger partial charge in [-0.1, -0.05) is 31.5 Å². The van der Waals surface area contributed by atoms with Gasteiger partial charge in [-0.3, -0.25) is 0 Å². The number of nitrogens with zero attached hydrogens (tertiary/aromatic N) is 3. The van der Waals surface area contributed by atoms with Crippen LogP contribution in [0.15, 0.2) is 11.2 Å². The third kappa shape index (κ3) is 3.75. The van der Waals surface area contributed by atoms with E-state index in [0.29, 0.717) is 6.04 Å². The van der Waals surface area contributed by atoms with E-state index in [1.54, 1.807) is 11.8 Å². The molecule has 0 bridgehead atoms. The molecule has 0 unspecified atom stereocenters. The average molecular weight is 280 g/mol. The molecule has 4 nitrogen and oxygen atoms in total. The maximum absolute atomic E-state index is 4.64. The van der Waals surface area contributed by atoms with Gasteiger partial charge in [0.15, 0.2) is 5.16 Å². The lowest BCUT2D eigenvalue weighted by molar-refractivity contribution is 0.642. The third-order valence-electron chi connectivity index (χ3n) is 3.66. The standard InChI is InChI=1S/C14H24N4S/c1-4-9-15-12-10-13(17-14(16-12)19-3)18(2)11-7-5-6-8-11/h10-11H,4-9H2,1-3H3,(H,15,16,17). The van der Waals surface area contributed by atoms with Crippen molar-refractivity contribution in [2.75, 3.05) is 30.1 Å². The molecule has 0 saturated heterocycles. The van der Waals surface area contributed by atoms with E-state index >= 15 is 0 Å². The summed E-state index contributed by atoms with van der Waals surface area (Å²) in [7, 11) is 2.16. The minimum Gasteiger partial charge on any atom is -0.370 e. The molecule has 1 heterocycles. The minimum absolute atomic E-state index is 0.642. The van der Waals surface area contributed by atoms with Crippen LogP contribution in [0.25, 0.3) is 0 Å². The lowest BCUT2D eigenvalue weighted by Gasteiger charge is -2.26. The van der Waals surface area contributed by atoms with Crippen LogP contribution in [-0.2, 0) is 0 Å². The maximum atomic E-state index is 4.64. The summed E-state index contributed by atoms with van der Waals surface area (Å²) >= 11 is 1.60. The third-order valence-corrected chi connectivity index (χ3v) is 4.21. The van der Waals surface area contributed by atoms with Crippen molar-refractivity contribution in [1.82, 2.24) is 9.97 Å². The Labute approximate surface area is 120 Å². The number of thioether (sulfide) groups is 1. The van der Waals surface area contributed by atoms with Crippen LogP contribution in [0.5, 0.6) is 0 Å². The van der Waals surface area contributed by atoms with Gasteiger partial charge in [0.05, 0.1) is 0 Å². The second-order valence-corrected chi connectivity index (χ2v) is 5.85. The average Bonchev–Trinajstić information content (AvgIpc) is 2.98. The number of hydrogen-bond acceptors (Lipinski definition) is 5. The molecule has 0 atom stereocenters. The molecular weight excluding hydrogens is 256 g/mol. The summed E-state index contributed by atoms with van der Waals surface area (Å²) in [6, 6.07) is 2.72. The normalized spacial score (nSPS) is 15.7. The van der Waals surface area contributed by atoms with Crippen molar-refractivity contribution < 1.29 is 0 Å². The van der Waals surface area contributed by atoms with Crippen molar-refractivity contribution in [1.29, 1.82) is 0 Å². The number of aromatic nitrogens is 2. The predicted molar refractivity (Wildman–Crippen MR) is 83.3 cm³/mol. The second kappa shape index (κ2) is 6.98. The zero-order chi connectivity index (χ0) is 13.7. The van der Waals surface area contributed by atoms with Crippen molar-refractivity contribution in [2.24, 2.45) is 0 Å². The molecule has 1 aliphatic carbocycles. The van der Waals surface area contributed by atoms with Gasteiger partial charge >= 0.3 is 0 Å². The molecule has 1 aliphatic rings. The van der Waals surface area contributed by atoms with Gasteiger partial charge in [0, 0.05) is 25.7 Å². The quantitative estimate of drug-likeness (QED) is 0.639. The van der Waals surface area contributed by atoms with Crippen molar-refractivity contribution in [3.8, 4) is 0 Å². The largest absolute Gasteiger partial charge is 0.370 e. The van der Waals surface area contributed by atoms with Crippen molar-refractivity contribution in [3.05, 3.63) is 6.07 Å². The number of anilines is 2. The highest BCUT2D eigenvalue weighted by molar-refractivity contribution is 7.98. The van der Waals surface area contributed by atoms with Crippen LogP contribution in [0.2, 0.25) is 0 Å². The minimum atomic E-state index is 0.642. The second-order valence-electron chi connectivity index (χ2n) is 5.07. The molecule has 0 radical (unpaired) electrons. The van der Waals surface area contributed by atoms with Crippen molar-refractivity contribution in [3.63, 3.8) is 0 Å². The summed E-state index contributed by atoms with van der Waals surface area (Å²) in [6.45, 7) is 3.12. The summed E-state index contributed by atoms with van der Waals surface area (Å²) < 4.78 is 0. The topological polar surface area (TPSA) is 41.0 Å². The van der Waals surface area contributed by atoms with Gasteiger partial charge in [-0.05, 0) is 25.5 Å².